The summed E-state index contributed by atoms with van der Waals surface area (Å²) in [6, 6.07) is 29.1. The minimum atomic E-state index is -1.75. The van der Waals surface area contributed by atoms with Gasteiger partial charge in [-0.1, -0.05) is 153 Å². The highest BCUT2D eigenvalue weighted by atomic mass is 16.3. The maximum Gasteiger partial charge on any atom is 0.239 e. The molecule has 6 heteroatoms. The average Bonchev–Trinajstić information content (AvgIpc) is 3.04. The van der Waals surface area contributed by atoms with E-state index in [1.54, 1.807) is 4.90 Å². The first-order valence-electron chi connectivity index (χ1n) is 17.9. The molecule has 2 amide bonds. The van der Waals surface area contributed by atoms with Crippen LogP contribution < -0.4 is 5.73 Å². The topological polar surface area (TPSA) is 104 Å². The SMILES string of the molecule is Cc1ccc(C(O)(c2ccc(C)cc2)C(C(C)C)N(C(=O)C2(C(N)=O)CCC2)C(C(C)C)C(O)(c2ccc(C)cc2)c2ccc(C)cc2)cc1. The summed E-state index contributed by atoms with van der Waals surface area (Å²) in [5, 5.41) is 27.2. The van der Waals surface area contributed by atoms with Crippen LogP contribution in [-0.4, -0.2) is 39.0 Å². The van der Waals surface area contributed by atoms with Crippen LogP contribution in [0.4, 0.5) is 0 Å². The van der Waals surface area contributed by atoms with Crippen LogP contribution in [-0.2, 0) is 20.8 Å². The van der Waals surface area contributed by atoms with Gasteiger partial charge in [0.25, 0.3) is 0 Å². The predicted molar refractivity (Wildman–Crippen MR) is 200 cm³/mol. The van der Waals surface area contributed by atoms with Crippen LogP contribution in [0.2, 0.25) is 0 Å². The van der Waals surface area contributed by atoms with Crippen molar-refractivity contribution in [1.29, 1.82) is 0 Å². The number of nitrogens with zero attached hydrogens (tertiary/aromatic N) is 1. The van der Waals surface area contributed by atoms with Gasteiger partial charge in [0, 0.05) is 0 Å². The van der Waals surface area contributed by atoms with Crippen LogP contribution in [0.3, 0.4) is 0 Å². The summed E-state index contributed by atoms with van der Waals surface area (Å²) < 4.78 is 0. The Morgan fingerprint density at radius 2 is 0.840 bits per heavy atom. The fraction of sp³-hybridized carbons (Fsp3) is 0.409. The largest absolute Gasteiger partial charge is 0.378 e. The molecule has 0 heterocycles. The van der Waals surface area contributed by atoms with E-state index in [-0.39, 0.29) is 11.8 Å². The zero-order valence-corrected chi connectivity index (χ0v) is 30.9. The van der Waals surface area contributed by atoms with Gasteiger partial charge in [0.05, 0.1) is 12.1 Å². The van der Waals surface area contributed by atoms with Gasteiger partial charge >= 0.3 is 0 Å². The van der Waals surface area contributed by atoms with Crippen LogP contribution in [0.5, 0.6) is 0 Å². The summed E-state index contributed by atoms with van der Waals surface area (Å²) in [5.74, 6) is -1.83. The molecule has 1 saturated carbocycles. The molecule has 50 heavy (non-hydrogen) atoms. The molecule has 0 aromatic heterocycles. The second kappa shape index (κ2) is 14.2. The fourth-order valence-electron chi connectivity index (χ4n) is 8.03. The molecule has 0 aliphatic heterocycles. The Kier molecular flexibility index (Phi) is 10.5. The predicted octanol–water partition coefficient (Wildman–Crippen LogP) is 7.63. The third kappa shape index (κ3) is 6.40. The molecule has 0 spiro atoms. The van der Waals surface area contributed by atoms with Gasteiger partial charge < -0.3 is 20.8 Å². The summed E-state index contributed by atoms with van der Waals surface area (Å²) in [5.41, 5.74) is 7.77. The molecule has 4 aromatic carbocycles. The normalized spacial score (nSPS) is 15.8. The molecule has 4 N–H and O–H groups in total. The highest BCUT2D eigenvalue weighted by Crippen LogP contribution is 2.50. The minimum Gasteiger partial charge on any atom is -0.378 e. The van der Waals surface area contributed by atoms with Gasteiger partial charge in [0.2, 0.25) is 11.8 Å². The first-order valence-corrected chi connectivity index (χ1v) is 17.9. The number of hydrogen-bond donors (Lipinski definition) is 3. The number of primary amides is 1. The van der Waals surface area contributed by atoms with Crippen LogP contribution in [0.15, 0.2) is 97.1 Å². The first kappa shape index (κ1) is 37.0. The van der Waals surface area contributed by atoms with Crippen molar-refractivity contribution < 1.29 is 19.8 Å². The van der Waals surface area contributed by atoms with Crippen molar-refractivity contribution in [3.63, 3.8) is 0 Å². The number of hydrogen-bond acceptors (Lipinski definition) is 4. The zero-order chi connectivity index (χ0) is 36.6. The van der Waals surface area contributed by atoms with E-state index in [1.807, 2.05) is 152 Å². The Bertz CT molecular complexity index is 1580. The lowest BCUT2D eigenvalue weighted by atomic mass is 9.64. The van der Waals surface area contributed by atoms with Crippen molar-refractivity contribution in [2.75, 3.05) is 0 Å². The van der Waals surface area contributed by atoms with E-state index in [0.717, 1.165) is 22.3 Å². The van der Waals surface area contributed by atoms with E-state index in [0.29, 0.717) is 41.5 Å². The molecule has 0 saturated heterocycles. The lowest BCUT2D eigenvalue weighted by Crippen LogP contribution is -2.69. The van der Waals surface area contributed by atoms with E-state index >= 15 is 4.79 Å². The van der Waals surface area contributed by atoms with E-state index in [9.17, 15) is 15.0 Å². The van der Waals surface area contributed by atoms with Crippen molar-refractivity contribution in [1.82, 2.24) is 4.90 Å². The number of nitrogens with two attached hydrogens (primary N) is 1. The quantitative estimate of drug-likeness (QED) is 0.135. The Labute approximate surface area is 298 Å². The standard InChI is InChI=1S/C44H54N2O4/c1-28(2)38(43(49,34-18-10-30(5)11-19-34)35-20-12-31(6)13-21-35)46(41(48)42(40(45)47)26-9-27-42)39(29(3)4)44(50,36-22-14-32(7)15-23-36)37-24-16-33(8)17-25-37/h10-25,28-29,38-39,49-50H,9,26-27H2,1-8H3,(H2,45,47). The molecule has 2 atom stereocenters. The molecule has 1 fully saturated rings. The van der Waals surface area contributed by atoms with Gasteiger partial charge in [-0.05, 0) is 74.6 Å². The van der Waals surface area contributed by atoms with E-state index in [1.165, 1.54) is 0 Å². The Morgan fingerprint density at radius 1 is 0.580 bits per heavy atom. The second-order valence-corrected chi connectivity index (χ2v) is 15.4. The number of carbonyl (C=O) groups is 2. The first-order chi connectivity index (χ1) is 23.6. The molecular formula is C44H54N2O4. The molecular weight excluding hydrogens is 620 g/mol. The number of aryl methyl sites for hydroxylation is 4. The summed E-state index contributed by atoms with van der Waals surface area (Å²) >= 11 is 0. The van der Waals surface area contributed by atoms with Crippen molar-refractivity contribution in [3.05, 3.63) is 142 Å². The van der Waals surface area contributed by atoms with Gasteiger partial charge in [-0.15, -0.1) is 0 Å². The summed E-state index contributed by atoms with van der Waals surface area (Å²) in [6.45, 7) is 15.9. The van der Waals surface area contributed by atoms with Crippen LogP contribution >= 0.6 is 0 Å². The summed E-state index contributed by atoms with van der Waals surface area (Å²) in [6.07, 6.45) is 1.31. The average molecular weight is 675 g/mol. The van der Waals surface area contributed by atoms with Crippen molar-refractivity contribution in [2.24, 2.45) is 23.0 Å². The summed E-state index contributed by atoms with van der Waals surface area (Å²) in [7, 11) is 0. The van der Waals surface area contributed by atoms with Gasteiger partial charge in [-0.2, -0.15) is 0 Å². The molecule has 1 aliphatic carbocycles. The monoisotopic (exact) mass is 674 g/mol. The van der Waals surface area contributed by atoms with Crippen LogP contribution in [0.25, 0.3) is 0 Å². The lowest BCUT2D eigenvalue weighted by Gasteiger charge is -2.56. The van der Waals surface area contributed by atoms with Gasteiger partial charge in [-0.3, -0.25) is 9.59 Å². The molecule has 5 rings (SSSR count). The molecule has 4 aromatic rings. The number of aliphatic hydroxyl groups is 2. The molecule has 264 valence electrons. The number of carbonyl (C=O) groups excluding carboxylic acids is 2. The van der Waals surface area contributed by atoms with Crippen LogP contribution in [0, 0.1) is 44.9 Å². The third-order valence-corrected chi connectivity index (χ3v) is 11.0. The fourth-order valence-corrected chi connectivity index (χ4v) is 8.03. The summed E-state index contributed by atoms with van der Waals surface area (Å²) in [4.78, 5) is 30.7. The van der Waals surface area contributed by atoms with E-state index < -0.39 is 40.5 Å². The number of benzene rings is 4. The molecule has 6 nitrogen and oxygen atoms in total. The maximum atomic E-state index is 15.6. The van der Waals surface area contributed by atoms with Crippen molar-refractivity contribution >= 4 is 11.8 Å². The Hall–Kier alpha value is -4.26. The van der Waals surface area contributed by atoms with E-state index in [2.05, 4.69) is 0 Å². The Morgan fingerprint density at radius 3 is 1.02 bits per heavy atom. The van der Waals surface area contributed by atoms with E-state index in [4.69, 9.17) is 5.73 Å². The highest BCUT2D eigenvalue weighted by molar-refractivity contribution is 6.05. The van der Waals surface area contributed by atoms with Crippen molar-refractivity contribution in [3.8, 4) is 0 Å². The van der Waals surface area contributed by atoms with Crippen LogP contribution in [0.1, 0.15) is 91.5 Å². The number of amides is 2. The molecule has 1 aliphatic rings. The van der Waals surface area contributed by atoms with Crippen molar-refractivity contribution in [2.45, 2.75) is 97.9 Å². The van der Waals surface area contributed by atoms with Gasteiger partial charge in [0.1, 0.15) is 16.6 Å². The second-order valence-electron chi connectivity index (χ2n) is 15.4. The van der Waals surface area contributed by atoms with Gasteiger partial charge in [0.15, 0.2) is 0 Å². The highest BCUT2D eigenvalue weighted by Gasteiger charge is 2.60. The molecule has 0 bridgehead atoms. The third-order valence-electron chi connectivity index (χ3n) is 11.0. The lowest BCUT2D eigenvalue weighted by molar-refractivity contribution is -0.178. The zero-order valence-electron chi connectivity index (χ0n) is 30.9. The maximum absolute atomic E-state index is 15.6. The molecule has 0 radical (unpaired) electrons. The Balaban J connectivity index is 1.91. The van der Waals surface area contributed by atoms with Gasteiger partial charge in [-0.25, -0.2) is 0 Å². The minimum absolute atomic E-state index is 0.314. The number of rotatable bonds is 12. The smallest absolute Gasteiger partial charge is 0.239 e. The molecule has 2 unspecified atom stereocenters.